The van der Waals surface area contributed by atoms with E-state index in [0.29, 0.717) is 22.9 Å². The fourth-order valence-electron chi connectivity index (χ4n) is 3.60. The number of nitrogens with two attached hydrogens (primary N) is 2. The Kier molecular flexibility index (Phi) is 6.89. The van der Waals surface area contributed by atoms with Crippen molar-refractivity contribution < 1.29 is 19.1 Å². The molecule has 0 radical (unpaired) electrons. The van der Waals surface area contributed by atoms with E-state index in [1.165, 1.54) is 0 Å². The summed E-state index contributed by atoms with van der Waals surface area (Å²) in [5.74, 6) is 0.667. The molecule has 0 aromatic carbocycles. The highest BCUT2D eigenvalue weighted by Gasteiger charge is 2.46. The number of Topliss-reactive ketones (excluding diaryl/α,β-unsaturated/α-hetero) is 2. The second-order valence-electron chi connectivity index (χ2n) is 12.4. The van der Waals surface area contributed by atoms with Gasteiger partial charge in [-0.25, -0.2) is 0 Å². The van der Waals surface area contributed by atoms with Crippen molar-refractivity contribution in [3.05, 3.63) is 22.9 Å². The number of rotatable bonds is 0. The molecule has 0 fully saturated rings. The molecule has 30 heavy (non-hydrogen) atoms. The van der Waals surface area contributed by atoms with Crippen molar-refractivity contribution >= 4 is 11.6 Å². The van der Waals surface area contributed by atoms with Crippen molar-refractivity contribution in [2.75, 3.05) is 0 Å². The molecule has 0 spiro atoms. The second kappa shape index (κ2) is 7.93. The summed E-state index contributed by atoms with van der Waals surface area (Å²) in [6, 6.07) is 0. The SMILES string of the molecule is CC(C)(C)C1=C(N)OC(C(C)(C)C)C1=O.CC(C)(C)C1=C(N)OC(C(C)(C)C)C1=O. The summed E-state index contributed by atoms with van der Waals surface area (Å²) >= 11 is 0. The van der Waals surface area contributed by atoms with Gasteiger partial charge in [-0.1, -0.05) is 83.1 Å². The Labute approximate surface area is 182 Å². The Hall–Kier alpha value is -1.98. The molecule has 172 valence electrons. The number of ether oxygens (including phenoxy) is 2. The minimum absolute atomic E-state index is 0.0347. The zero-order chi connectivity index (χ0) is 24.0. The summed E-state index contributed by atoms with van der Waals surface area (Å²) in [5, 5.41) is 0. The fourth-order valence-corrected chi connectivity index (χ4v) is 3.60. The average Bonchev–Trinajstić information content (AvgIpc) is 2.93. The van der Waals surface area contributed by atoms with Gasteiger partial charge in [0.2, 0.25) is 11.6 Å². The van der Waals surface area contributed by atoms with Crippen LogP contribution >= 0.6 is 0 Å². The maximum atomic E-state index is 12.1. The molecule has 2 unspecified atom stereocenters. The minimum atomic E-state index is -0.438. The van der Waals surface area contributed by atoms with Crippen molar-refractivity contribution in [1.29, 1.82) is 0 Å². The van der Waals surface area contributed by atoms with Gasteiger partial charge in [0.15, 0.2) is 24.0 Å². The average molecular weight is 423 g/mol. The highest BCUT2D eigenvalue weighted by Crippen LogP contribution is 2.40. The van der Waals surface area contributed by atoms with Gasteiger partial charge in [0, 0.05) is 10.8 Å². The molecule has 0 amide bonds. The van der Waals surface area contributed by atoms with E-state index in [9.17, 15) is 9.59 Å². The maximum absolute atomic E-state index is 12.1. The number of carbonyl (C=O) groups is 2. The monoisotopic (exact) mass is 422 g/mol. The first-order chi connectivity index (χ1) is 13.1. The summed E-state index contributed by atoms with van der Waals surface area (Å²) in [4.78, 5) is 24.3. The van der Waals surface area contributed by atoms with Gasteiger partial charge >= 0.3 is 0 Å². The quantitative estimate of drug-likeness (QED) is 0.598. The van der Waals surface area contributed by atoms with Crippen LogP contribution in [-0.2, 0) is 19.1 Å². The highest BCUT2D eigenvalue weighted by molar-refractivity contribution is 6.03. The van der Waals surface area contributed by atoms with E-state index in [0.717, 1.165) is 0 Å². The molecule has 6 nitrogen and oxygen atoms in total. The summed E-state index contributed by atoms with van der Waals surface area (Å²) in [6.45, 7) is 23.7. The predicted molar refractivity (Wildman–Crippen MR) is 120 cm³/mol. The summed E-state index contributed by atoms with van der Waals surface area (Å²) < 4.78 is 11.0. The smallest absolute Gasteiger partial charge is 0.205 e. The number of ketones is 2. The molecule has 0 aromatic rings. The van der Waals surface area contributed by atoms with Crippen LogP contribution in [-0.4, -0.2) is 23.8 Å². The number of carbonyl (C=O) groups excluding carboxylic acids is 2. The van der Waals surface area contributed by atoms with Crippen LogP contribution in [0, 0.1) is 21.7 Å². The van der Waals surface area contributed by atoms with Crippen LogP contribution in [0.15, 0.2) is 22.9 Å². The molecular formula is C24H42N2O4. The lowest BCUT2D eigenvalue weighted by Crippen LogP contribution is -2.34. The van der Waals surface area contributed by atoms with Gasteiger partial charge in [0.1, 0.15) is 0 Å². The Morgan fingerprint density at radius 1 is 0.567 bits per heavy atom. The first-order valence-electron chi connectivity index (χ1n) is 10.5. The standard InChI is InChI=1S/2C12H21NO2/c2*1-11(2,3)7-8(14)9(12(4,5)6)15-10(7)13/h2*9H,13H2,1-6H3. The Balaban J connectivity index is 0.000000300. The molecule has 2 heterocycles. The maximum Gasteiger partial charge on any atom is 0.205 e. The third-order valence-corrected chi connectivity index (χ3v) is 5.02. The van der Waals surface area contributed by atoms with Crippen LogP contribution < -0.4 is 11.5 Å². The molecule has 0 bridgehead atoms. The first kappa shape index (κ1) is 26.1. The molecule has 2 atom stereocenters. The zero-order valence-corrected chi connectivity index (χ0v) is 20.9. The molecule has 2 rings (SSSR count). The Morgan fingerprint density at radius 2 is 0.800 bits per heavy atom. The molecule has 0 saturated heterocycles. The molecular weight excluding hydrogens is 380 g/mol. The second-order valence-corrected chi connectivity index (χ2v) is 12.4. The molecule has 0 aliphatic carbocycles. The van der Waals surface area contributed by atoms with Crippen LogP contribution in [0.5, 0.6) is 0 Å². The van der Waals surface area contributed by atoms with Crippen molar-refractivity contribution in [3.63, 3.8) is 0 Å². The Bertz CT molecular complexity index is 697. The van der Waals surface area contributed by atoms with Crippen LogP contribution in [0.25, 0.3) is 0 Å². The Morgan fingerprint density at radius 3 is 0.900 bits per heavy atom. The largest absolute Gasteiger partial charge is 0.467 e. The first-order valence-corrected chi connectivity index (χ1v) is 10.5. The summed E-state index contributed by atoms with van der Waals surface area (Å²) in [5.41, 5.74) is 11.9. The van der Waals surface area contributed by atoms with Gasteiger partial charge in [-0.2, -0.15) is 0 Å². The van der Waals surface area contributed by atoms with E-state index >= 15 is 0 Å². The van der Waals surface area contributed by atoms with E-state index in [-0.39, 0.29) is 33.2 Å². The van der Waals surface area contributed by atoms with Gasteiger partial charge in [-0.05, 0) is 10.8 Å². The zero-order valence-electron chi connectivity index (χ0n) is 20.9. The third-order valence-electron chi connectivity index (χ3n) is 5.02. The molecule has 2 aliphatic rings. The van der Waals surface area contributed by atoms with Crippen LogP contribution in [0.1, 0.15) is 83.1 Å². The topological polar surface area (TPSA) is 105 Å². The van der Waals surface area contributed by atoms with Gasteiger partial charge in [0.05, 0.1) is 11.1 Å². The van der Waals surface area contributed by atoms with Gasteiger partial charge in [-0.3, -0.25) is 9.59 Å². The van der Waals surface area contributed by atoms with E-state index in [2.05, 4.69) is 0 Å². The van der Waals surface area contributed by atoms with E-state index in [1.54, 1.807) is 0 Å². The van der Waals surface area contributed by atoms with Crippen molar-refractivity contribution in [2.24, 2.45) is 33.1 Å². The minimum Gasteiger partial charge on any atom is -0.467 e. The normalized spacial score (nSPS) is 23.3. The van der Waals surface area contributed by atoms with E-state index < -0.39 is 12.2 Å². The van der Waals surface area contributed by atoms with Crippen molar-refractivity contribution in [3.8, 4) is 0 Å². The fraction of sp³-hybridized carbons (Fsp3) is 0.750. The van der Waals surface area contributed by atoms with Gasteiger partial charge in [-0.15, -0.1) is 0 Å². The molecule has 6 heteroatoms. The summed E-state index contributed by atoms with van der Waals surface area (Å²) in [7, 11) is 0. The third kappa shape index (κ3) is 5.58. The van der Waals surface area contributed by atoms with E-state index in [1.807, 2.05) is 83.1 Å². The van der Waals surface area contributed by atoms with Crippen molar-refractivity contribution in [1.82, 2.24) is 0 Å². The van der Waals surface area contributed by atoms with Crippen molar-refractivity contribution in [2.45, 2.75) is 95.3 Å². The lowest BCUT2D eigenvalue weighted by atomic mass is 9.78. The van der Waals surface area contributed by atoms with Crippen LogP contribution in [0.3, 0.4) is 0 Å². The number of hydrogen-bond acceptors (Lipinski definition) is 6. The van der Waals surface area contributed by atoms with Crippen LogP contribution in [0.4, 0.5) is 0 Å². The molecule has 4 N–H and O–H groups in total. The van der Waals surface area contributed by atoms with Gasteiger partial charge in [0.25, 0.3) is 0 Å². The predicted octanol–water partition coefficient (Wildman–Crippen LogP) is 4.43. The lowest BCUT2D eigenvalue weighted by molar-refractivity contribution is -0.127. The van der Waals surface area contributed by atoms with Crippen LogP contribution in [0.2, 0.25) is 0 Å². The molecule has 2 aliphatic heterocycles. The van der Waals surface area contributed by atoms with E-state index in [4.69, 9.17) is 20.9 Å². The highest BCUT2D eigenvalue weighted by atomic mass is 16.5. The molecule has 0 saturated carbocycles. The summed E-state index contributed by atoms with van der Waals surface area (Å²) in [6.07, 6.45) is -0.876. The molecule has 0 aromatic heterocycles. The lowest BCUT2D eigenvalue weighted by Gasteiger charge is -2.26. The number of hydrogen-bond donors (Lipinski definition) is 2. The van der Waals surface area contributed by atoms with Gasteiger partial charge < -0.3 is 20.9 Å².